The lowest BCUT2D eigenvalue weighted by atomic mass is 10.2. The molecule has 84 valence electrons. The Morgan fingerprint density at radius 2 is 2.13 bits per heavy atom. The molecule has 2 rings (SSSR count). The average Bonchev–Trinajstić information content (AvgIpc) is 3.02. The van der Waals surface area contributed by atoms with E-state index in [0.717, 1.165) is 12.2 Å². The van der Waals surface area contributed by atoms with Crippen LogP contribution < -0.4 is 11.3 Å². The van der Waals surface area contributed by atoms with Crippen molar-refractivity contribution in [3.05, 3.63) is 16.0 Å². The Balaban J connectivity index is 2.52. The van der Waals surface area contributed by atoms with Crippen LogP contribution in [0.15, 0.2) is 4.79 Å². The number of nitrogen functional groups attached to an aromatic ring is 1. The molecule has 0 spiro atoms. The molecule has 1 aliphatic rings. The topological polar surface area (TPSA) is 52.9 Å². The van der Waals surface area contributed by atoms with E-state index >= 15 is 0 Å². The first-order valence-corrected chi connectivity index (χ1v) is 5.65. The fraction of sp³-hybridized carbons (Fsp3) is 0.727. The quantitative estimate of drug-likeness (QED) is 0.820. The van der Waals surface area contributed by atoms with Gasteiger partial charge in [0.2, 0.25) is 0 Å². The van der Waals surface area contributed by atoms with Crippen LogP contribution in [0.1, 0.15) is 38.4 Å². The minimum Gasteiger partial charge on any atom is -0.393 e. The molecule has 0 amide bonds. The van der Waals surface area contributed by atoms with Crippen LogP contribution in [-0.2, 0) is 6.54 Å². The fourth-order valence-electron chi connectivity index (χ4n) is 2.26. The number of hydrogen-bond donors (Lipinski definition) is 1. The number of rotatable bonds is 3. The van der Waals surface area contributed by atoms with E-state index in [-0.39, 0.29) is 11.6 Å². The third-order valence-corrected chi connectivity index (χ3v) is 3.47. The Morgan fingerprint density at radius 3 is 2.60 bits per heavy atom. The van der Waals surface area contributed by atoms with Crippen molar-refractivity contribution in [1.29, 1.82) is 0 Å². The lowest BCUT2D eigenvalue weighted by Gasteiger charge is -2.17. The molecule has 1 atom stereocenters. The first kappa shape index (κ1) is 10.3. The Kier molecular flexibility index (Phi) is 2.37. The van der Waals surface area contributed by atoms with Crippen LogP contribution in [-0.4, -0.2) is 9.36 Å². The molecule has 0 bridgehead atoms. The van der Waals surface area contributed by atoms with E-state index in [4.69, 9.17) is 5.73 Å². The van der Waals surface area contributed by atoms with Gasteiger partial charge in [0.15, 0.2) is 0 Å². The molecule has 1 unspecified atom stereocenters. The lowest BCUT2D eigenvalue weighted by Crippen LogP contribution is -2.28. The van der Waals surface area contributed by atoms with Crippen molar-refractivity contribution in [1.82, 2.24) is 9.36 Å². The van der Waals surface area contributed by atoms with Gasteiger partial charge in [-0.25, -0.2) is 4.68 Å². The number of nitrogens with zero attached hydrogens (tertiary/aromatic N) is 2. The van der Waals surface area contributed by atoms with Crippen LogP contribution in [0.3, 0.4) is 0 Å². The van der Waals surface area contributed by atoms with E-state index in [1.807, 2.05) is 23.2 Å². The Bertz CT molecular complexity index is 426. The lowest BCUT2D eigenvalue weighted by molar-refractivity contribution is 0.352. The molecule has 4 heteroatoms. The molecule has 0 aromatic carbocycles. The molecule has 0 radical (unpaired) electrons. The fourth-order valence-corrected chi connectivity index (χ4v) is 2.26. The molecule has 2 N–H and O–H groups in total. The van der Waals surface area contributed by atoms with Crippen molar-refractivity contribution >= 4 is 5.69 Å². The summed E-state index contributed by atoms with van der Waals surface area (Å²) >= 11 is 0. The van der Waals surface area contributed by atoms with Gasteiger partial charge in [-0.3, -0.25) is 9.48 Å². The second kappa shape index (κ2) is 3.43. The van der Waals surface area contributed by atoms with E-state index in [0.29, 0.717) is 11.6 Å². The monoisotopic (exact) mass is 209 g/mol. The number of anilines is 1. The first-order chi connectivity index (χ1) is 7.07. The molecule has 1 fully saturated rings. The van der Waals surface area contributed by atoms with Gasteiger partial charge in [0.25, 0.3) is 5.56 Å². The summed E-state index contributed by atoms with van der Waals surface area (Å²) in [7, 11) is 0. The van der Waals surface area contributed by atoms with Crippen molar-refractivity contribution in [2.75, 3.05) is 5.73 Å². The largest absolute Gasteiger partial charge is 0.393 e. The second-order valence-electron chi connectivity index (χ2n) is 4.44. The maximum absolute atomic E-state index is 12.0. The van der Waals surface area contributed by atoms with Crippen molar-refractivity contribution in [2.45, 2.75) is 46.2 Å². The van der Waals surface area contributed by atoms with Gasteiger partial charge in [-0.2, -0.15) is 0 Å². The smallest absolute Gasteiger partial charge is 0.290 e. The summed E-state index contributed by atoms with van der Waals surface area (Å²) in [5.41, 5.74) is 7.07. The van der Waals surface area contributed by atoms with E-state index in [1.165, 1.54) is 12.8 Å². The minimum absolute atomic E-state index is 0.0197. The SMILES string of the molecule is CCn1c(C)c(N)c(=O)n1C(C)C1CC1. The van der Waals surface area contributed by atoms with Crippen LogP contribution in [0.25, 0.3) is 0 Å². The molecule has 1 aliphatic carbocycles. The van der Waals surface area contributed by atoms with Crippen molar-refractivity contribution in [3.63, 3.8) is 0 Å². The third kappa shape index (κ3) is 1.48. The molecule has 1 aromatic rings. The van der Waals surface area contributed by atoms with Crippen LogP contribution in [0, 0.1) is 12.8 Å². The van der Waals surface area contributed by atoms with E-state index in [2.05, 4.69) is 6.92 Å². The summed E-state index contributed by atoms with van der Waals surface area (Å²) in [6.07, 6.45) is 2.48. The predicted molar refractivity (Wildman–Crippen MR) is 61.0 cm³/mol. The number of aromatic nitrogens is 2. The molecule has 15 heavy (non-hydrogen) atoms. The van der Waals surface area contributed by atoms with E-state index in [1.54, 1.807) is 0 Å². The summed E-state index contributed by atoms with van der Waals surface area (Å²) < 4.78 is 3.84. The highest BCUT2D eigenvalue weighted by Crippen LogP contribution is 2.39. The summed E-state index contributed by atoms with van der Waals surface area (Å²) in [6.45, 7) is 6.87. The Morgan fingerprint density at radius 1 is 1.53 bits per heavy atom. The highest BCUT2D eigenvalue weighted by atomic mass is 16.1. The second-order valence-corrected chi connectivity index (χ2v) is 4.44. The maximum atomic E-state index is 12.0. The van der Waals surface area contributed by atoms with Crippen molar-refractivity contribution in [2.24, 2.45) is 5.92 Å². The zero-order valence-electron chi connectivity index (χ0n) is 9.66. The van der Waals surface area contributed by atoms with Gasteiger partial charge >= 0.3 is 0 Å². The van der Waals surface area contributed by atoms with Gasteiger partial charge in [0.1, 0.15) is 5.69 Å². The first-order valence-electron chi connectivity index (χ1n) is 5.65. The molecule has 0 aliphatic heterocycles. The highest BCUT2D eigenvalue weighted by molar-refractivity contribution is 5.40. The van der Waals surface area contributed by atoms with Crippen molar-refractivity contribution < 1.29 is 0 Å². The molecule has 0 saturated heterocycles. The van der Waals surface area contributed by atoms with Crippen LogP contribution in [0.5, 0.6) is 0 Å². The van der Waals surface area contributed by atoms with Gasteiger partial charge in [-0.05, 0) is 39.5 Å². The van der Waals surface area contributed by atoms with Crippen LogP contribution >= 0.6 is 0 Å². The molecular formula is C11H19N3O. The summed E-state index contributed by atoms with van der Waals surface area (Å²) in [4.78, 5) is 12.0. The normalized spacial score (nSPS) is 18.1. The molecule has 1 saturated carbocycles. The van der Waals surface area contributed by atoms with Gasteiger partial charge in [-0.15, -0.1) is 0 Å². The Hall–Kier alpha value is -1.19. The summed E-state index contributed by atoms with van der Waals surface area (Å²) in [5.74, 6) is 0.668. The zero-order chi connectivity index (χ0) is 11.2. The van der Waals surface area contributed by atoms with Crippen LogP contribution in [0.4, 0.5) is 5.69 Å². The number of nitrogens with two attached hydrogens (primary N) is 1. The molecule has 1 heterocycles. The zero-order valence-corrected chi connectivity index (χ0v) is 9.66. The maximum Gasteiger partial charge on any atom is 0.290 e. The summed E-state index contributed by atoms with van der Waals surface area (Å²) in [5, 5.41) is 0. The van der Waals surface area contributed by atoms with Gasteiger partial charge in [0.05, 0.1) is 11.7 Å². The van der Waals surface area contributed by atoms with Crippen molar-refractivity contribution in [3.8, 4) is 0 Å². The van der Waals surface area contributed by atoms with Gasteiger partial charge in [-0.1, -0.05) is 0 Å². The molecule has 4 nitrogen and oxygen atoms in total. The predicted octanol–water partition coefficient (Wildman–Crippen LogP) is 1.53. The molecular weight excluding hydrogens is 190 g/mol. The van der Waals surface area contributed by atoms with Crippen LogP contribution in [0.2, 0.25) is 0 Å². The minimum atomic E-state index is -0.0197. The highest BCUT2D eigenvalue weighted by Gasteiger charge is 2.32. The average molecular weight is 209 g/mol. The third-order valence-electron chi connectivity index (χ3n) is 3.47. The standard InChI is InChI=1S/C11H19N3O/c1-4-13-8(3)10(12)11(15)14(13)7(2)9-5-6-9/h7,9H,4-6,12H2,1-3H3. The van der Waals surface area contributed by atoms with E-state index in [9.17, 15) is 4.79 Å². The number of hydrogen-bond acceptors (Lipinski definition) is 2. The summed E-state index contributed by atoms with van der Waals surface area (Å²) in [6, 6.07) is 0.286. The van der Waals surface area contributed by atoms with E-state index < -0.39 is 0 Å². The molecule has 1 aromatic heterocycles. The van der Waals surface area contributed by atoms with Gasteiger partial charge in [0, 0.05) is 6.54 Å². The Labute approximate surface area is 89.7 Å². The van der Waals surface area contributed by atoms with Gasteiger partial charge < -0.3 is 5.73 Å².